The number of hydrogen-bond donors (Lipinski definition) is 5. The lowest BCUT2D eigenvalue weighted by Gasteiger charge is -2.18. The maximum atomic E-state index is 12.9. The molecule has 0 aliphatic heterocycles. The van der Waals surface area contributed by atoms with E-state index in [1.165, 1.54) is 0 Å². The molecule has 179 valence electrons. The summed E-state index contributed by atoms with van der Waals surface area (Å²) in [6.45, 7) is 0.222. The Kier molecular flexibility index (Phi) is 10.1. The second-order valence-electron chi connectivity index (χ2n) is 8.24. The summed E-state index contributed by atoms with van der Waals surface area (Å²) in [5.74, 6) is -0.491. The summed E-state index contributed by atoms with van der Waals surface area (Å²) < 4.78 is 0. The van der Waals surface area contributed by atoms with E-state index in [1.807, 2.05) is 80.2 Å². The van der Waals surface area contributed by atoms with Gasteiger partial charge in [-0.3, -0.25) is 15.0 Å². The minimum absolute atomic E-state index is 0.000241. The minimum atomic E-state index is -0.453. The second kappa shape index (κ2) is 13.7. The highest BCUT2D eigenvalue weighted by Crippen LogP contribution is 2.06. The Morgan fingerprint density at radius 1 is 0.829 bits per heavy atom. The number of carbonyl (C=O) groups is 2. The van der Waals surface area contributed by atoms with Gasteiger partial charge >= 0.3 is 0 Å². The van der Waals surface area contributed by atoms with Crippen molar-refractivity contribution in [3.05, 3.63) is 107 Å². The lowest BCUT2D eigenvalue weighted by molar-refractivity contribution is -0.127. The van der Waals surface area contributed by atoms with Crippen LogP contribution < -0.4 is 21.6 Å². The molecule has 3 aromatic carbocycles. The van der Waals surface area contributed by atoms with E-state index in [-0.39, 0.29) is 24.2 Å². The van der Waals surface area contributed by atoms with Crippen molar-refractivity contribution in [2.24, 2.45) is 5.73 Å². The third-order valence-electron chi connectivity index (χ3n) is 5.56. The van der Waals surface area contributed by atoms with Gasteiger partial charge < -0.3 is 21.6 Å². The van der Waals surface area contributed by atoms with Crippen molar-refractivity contribution < 1.29 is 9.59 Å². The van der Waals surface area contributed by atoms with Crippen LogP contribution in [0.3, 0.4) is 0 Å². The Hall–Kier alpha value is -3.91. The third-order valence-corrected chi connectivity index (χ3v) is 5.56. The monoisotopic (exact) mass is 468 g/mol. The fraction of sp³-hybridized carbons (Fsp3) is 0.222. The number of aryl methyl sites for hydroxylation is 1. The van der Waals surface area contributed by atoms with Gasteiger partial charge in [-0.1, -0.05) is 90.5 Å². The van der Waals surface area contributed by atoms with Crippen LogP contribution in [0.4, 0.5) is 0 Å². The standard InChI is InChI=1S/C27H31BN5O2/c29-26(30)23-14-11-22(12-15-23)18-31-25(34)19-32-27(35)24(16-13-20-7-3-1-4-8-20)33-28-17-21-9-5-2-6-10-21/h1-12,14-15,24,33H,13,16-19H2,(H3,29,30)(H,31,34)(H,32,35)/t24-/m0/s1. The van der Waals surface area contributed by atoms with Crippen molar-refractivity contribution in [2.75, 3.05) is 6.54 Å². The normalized spacial score (nSPS) is 11.3. The van der Waals surface area contributed by atoms with Crippen molar-refractivity contribution in [1.29, 1.82) is 5.41 Å². The average molecular weight is 468 g/mol. The largest absolute Gasteiger partial charge is 0.384 e. The molecule has 7 nitrogen and oxygen atoms in total. The fourth-order valence-electron chi connectivity index (χ4n) is 3.53. The molecule has 0 aliphatic carbocycles. The molecule has 2 amide bonds. The zero-order chi connectivity index (χ0) is 24.9. The molecule has 35 heavy (non-hydrogen) atoms. The first kappa shape index (κ1) is 25.7. The molecule has 1 radical (unpaired) electrons. The van der Waals surface area contributed by atoms with Crippen LogP contribution in [0, 0.1) is 5.41 Å². The van der Waals surface area contributed by atoms with Gasteiger partial charge in [0, 0.05) is 12.1 Å². The maximum Gasteiger partial charge on any atom is 0.239 e. The van der Waals surface area contributed by atoms with Crippen molar-refractivity contribution in [3.63, 3.8) is 0 Å². The Morgan fingerprint density at radius 2 is 1.46 bits per heavy atom. The van der Waals surface area contributed by atoms with Gasteiger partial charge in [0.25, 0.3) is 0 Å². The van der Waals surface area contributed by atoms with E-state index in [1.54, 1.807) is 12.1 Å². The first-order valence-electron chi connectivity index (χ1n) is 11.6. The lowest BCUT2D eigenvalue weighted by Crippen LogP contribution is -2.48. The number of nitrogens with one attached hydrogen (secondary N) is 4. The van der Waals surface area contributed by atoms with Crippen LogP contribution >= 0.6 is 0 Å². The number of nitrogen functional groups attached to an aromatic ring is 1. The molecular formula is C27H31BN5O2. The molecule has 0 saturated carbocycles. The van der Waals surface area contributed by atoms with E-state index in [0.29, 0.717) is 24.8 Å². The van der Waals surface area contributed by atoms with Gasteiger partial charge in [0.2, 0.25) is 19.2 Å². The van der Waals surface area contributed by atoms with Gasteiger partial charge in [0.05, 0.1) is 12.6 Å². The van der Waals surface area contributed by atoms with E-state index in [2.05, 4.69) is 15.9 Å². The van der Waals surface area contributed by atoms with Crippen LogP contribution in [0.15, 0.2) is 84.9 Å². The molecule has 0 fully saturated rings. The smallest absolute Gasteiger partial charge is 0.239 e. The summed E-state index contributed by atoms with van der Waals surface area (Å²) in [6, 6.07) is 26.7. The molecule has 0 spiro atoms. The number of benzene rings is 3. The van der Waals surface area contributed by atoms with Crippen molar-refractivity contribution >= 4 is 25.1 Å². The molecule has 3 rings (SSSR count). The van der Waals surface area contributed by atoms with Crippen molar-refractivity contribution in [3.8, 4) is 0 Å². The SMILES string of the molecule is N=C(N)c1ccc(CNC(=O)CNC(=O)[C@H](CCc2ccccc2)N[B]Cc2ccccc2)cc1. The van der Waals surface area contributed by atoms with Crippen LogP contribution in [0.1, 0.15) is 28.7 Å². The molecule has 0 aromatic heterocycles. The molecule has 0 unspecified atom stereocenters. The number of amides is 2. The predicted octanol–water partition coefficient (Wildman–Crippen LogP) is 2.11. The van der Waals surface area contributed by atoms with E-state index in [0.717, 1.165) is 23.1 Å². The molecular weight excluding hydrogens is 437 g/mol. The molecule has 3 aromatic rings. The summed E-state index contributed by atoms with van der Waals surface area (Å²) in [4.78, 5) is 25.2. The molecule has 0 heterocycles. The number of amidine groups is 1. The van der Waals surface area contributed by atoms with Gasteiger partial charge in [-0.05, 0) is 30.3 Å². The zero-order valence-corrected chi connectivity index (χ0v) is 19.7. The summed E-state index contributed by atoms with van der Waals surface area (Å²) in [5.41, 5.74) is 9.28. The Bertz CT molecular complexity index is 1090. The molecule has 0 aliphatic rings. The topological polar surface area (TPSA) is 120 Å². The van der Waals surface area contributed by atoms with E-state index < -0.39 is 6.04 Å². The highest BCUT2D eigenvalue weighted by atomic mass is 16.2. The van der Waals surface area contributed by atoms with Gasteiger partial charge in [0.1, 0.15) is 5.84 Å². The second-order valence-corrected chi connectivity index (χ2v) is 8.24. The number of hydrogen-bond acceptors (Lipinski definition) is 4. The van der Waals surface area contributed by atoms with E-state index in [9.17, 15) is 9.59 Å². The first-order chi connectivity index (χ1) is 17.0. The van der Waals surface area contributed by atoms with Crippen LogP contribution in [0.5, 0.6) is 0 Å². The van der Waals surface area contributed by atoms with Crippen molar-refractivity contribution in [2.45, 2.75) is 31.7 Å². The Balaban J connectivity index is 1.48. The summed E-state index contributed by atoms with van der Waals surface area (Å²) in [5, 5.41) is 16.2. The maximum absolute atomic E-state index is 12.9. The summed E-state index contributed by atoms with van der Waals surface area (Å²) >= 11 is 0. The summed E-state index contributed by atoms with van der Waals surface area (Å²) in [6.07, 6.45) is 2.04. The van der Waals surface area contributed by atoms with Gasteiger partial charge in [0.15, 0.2) is 0 Å². The zero-order valence-electron chi connectivity index (χ0n) is 19.7. The van der Waals surface area contributed by atoms with Gasteiger partial charge in [-0.15, -0.1) is 0 Å². The van der Waals surface area contributed by atoms with Crippen LogP contribution in [0.2, 0.25) is 0 Å². The molecule has 0 saturated heterocycles. The molecule has 8 heteroatoms. The third kappa shape index (κ3) is 9.10. The molecule has 0 bridgehead atoms. The van der Waals surface area contributed by atoms with Crippen LogP contribution in [-0.2, 0) is 28.9 Å². The summed E-state index contributed by atoms with van der Waals surface area (Å²) in [7, 11) is 1.90. The first-order valence-corrected chi connectivity index (χ1v) is 11.6. The van der Waals surface area contributed by atoms with Crippen LogP contribution in [-0.4, -0.2) is 37.7 Å². The number of nitrogens with two attached hydrogens (primary N) is 1. The minimum Gasteiger partial charge on any atom is -0.384 e. The quantitative estimate of drug-likeness (QED) is 0.150. The lowest BCUT2D eigenvalue weighted by atomic mass is 9.82. The van der Waals surface area contributed by atoms with Gasteiger partial charge in [-0.25, -0.2) is 0 Å². The van der Waals surface area contributed by atoms with Crippen molar-refractivity contribution in [1.82, 2.24) is 15.9 Å². The Labute approximate surface area is 207 Å². The van der Waals surface area contributed by atoms with E-state index >= 15 is 0 Å². The highest BCUT2D eigenvalue weighted by molar-refractivity contribution is 6.32. The average Bonchev–Trinajstić information content (AvgIpc) is 2.89. The van der Waals surface area contributed by atoms with Gasteiger partial charge in [-0.2, -0.15) is 0 Å². The van der Waals surface area contributed by atoms with Crippen LogP contribution in [0.25, 0.3) is 0 Å². The predicted molar refractivity (Wildman–Crippen MR) is 140 cm³/mol. The fourth-order valence-corrected chi connectivity index (χ4v) is 3.53. The highest BCUT2D eigenvalue weighted by Gasteiger charge is 2.18. The molecule has 1 atom stereocenters. The van der Waals surface area contributed by atoms with E-state index in [4.69, 9.17) is 11.1 Å². The number of rotatable bonds is 13. The number of carbonyl (C=O) groups excluding carboxylic acids is 2. The molecule has 6 N–H and O–H groups in total. The Morgan fingerprint density at radius 3 is 2.09 bits per heavy atom.